The van der Waals surface area contributed by atoms with Crippen LogP contribution in [-0.2, 0) is 4.79 Å². The molecule has 1 amide bonds. The Morgan fingerprint density at radius 3 is 2.13 bits per heavy atom. The Balaban J connectivity index is 1.74. The summed E-state index contributed by atoms with van der Waals surface area (Å²) < 4.78 is 5.10. The molecule has 0 atom stereocenters. The van der Waals surface area contributed by atoms with Crippen LogP contribution in [-0.4, -0.2) is 24.5 Å². The molecule has 30 heavy (non-hydrogen) atoms. The van der Waals surface area contributed by atoms with Gasteiger partial charge in [0, 0.05) is 28.9 Å². The average molecular weight is 406 g/mol. The molecule has 0 heterocycles. The number of nitrogens with two attached hydrogens (primary N) is 1. The zero-order valence-corrected chi connectivity index (χ0v) is 16.9. The maximum atomic E-state index is 12.6. The number of hydrogen-bond acceptors (Lipinski definition) is 4. The summed E-state index contributed by atoms with van der Waals surface area (Å²) in [5.41, 5.74) is 3.16. The first-order valence-corrected chi connectivity index (χ1v) is 9.55. The lowest BCUT2D eigenvalue weighted by Crippen LogP contribution is -2.87. The predicted octanol–water partition coefficient (Wildman–Crippen LogP) is 3.20. The van der Waals surface area contributed by atoms with E-state index in [0.29, 0.717) is 11.3 Å². The quantitative estimate of drug-likeness (QED) is 0.443. The highest BCUT2D eigenvalue weighted by Gasteiger charge is 2.21. The molecule has 0 saturated heterocycles. The number of amides is 1. The number of rotatable bonds is 8. The Hall–Kier alpha value is -3.71. The minimum absolute atomic E-state index is 0.0226. The largest absolute Gasteiger partial charge is 0.490 e. The van der Waals surface area contributed by atoms with Crippen LogP contribution in [0.25, 0.3) is 0 Å². The van der Waals surface area contributed by atoms with Gasteiger partial charge in [-0.3, -0.25) is 14.9 Å². The molecule has 0 spiro atoms. The standard InChI is InChI=1S/C23H23N3O4/c1-16-13-20(26(28)29)21(30-2)14-19(16)25-22(27)15-24-23(17-9-5-3-6-10-17)18-11-7-4-8-12-18/h3-14,23-24H,15H2,1-2H3,(H,25,27)/p+1. The molecule has 0 aromatic heterocycles. The van der Waals surface area contributed by atoms with E-state index < -0.39 is 4.92 Å². The van der Waals surface area contributed by atoms with Gasteiger partial charge in [-0.25, -0.2) is 0 Å². The van der Waals surface area contributed by atoms with E-state index in [0.717, 1.165) is 11.1 Å². The number of anilines is 1. The van der Waals surface area contributed by atoms with Gasteiger partial charge in [0.15, 0.2) is 12.3 Å². The molecular formula is C23H24N3O4+. The Kier molecular flexibility index (Phi) is 6.77. The topological polar surface area (TPSA) is 98.1 Å². The van der Waals surface area contributed by atoms with Crippen LogP contribution in [0.4, 0.5) is 11.4 Å². The SMILES string of the molecule is COc1cc(NC(=O)C[NH2+]C(c2ccccc2)c2ccccc2)c(C)cc1[N+](=O)[O-]. The summed E-state index contributed by atoms with van der Waals surface area (Å²) in [6, 6.07) is 22.8. The molecule has 7 nitrogen and oxygen atoms in total. The number of nitro groups is 1. The Bertz CT molecular complexity index is 984. The van der Waals surface area contributed by atoms with E-state index in [2.05, 4.69) is 5.32 Å². The molecule has 154 valence electrons. The van der Waals surface area contributed by atoms with E-state index in [-0.39, 0.29) is 29.9 Å². The molecule has 3 aromatic carbocycles. The van der Waals surface area contributed by atoms with Gasteiger partial charge >= 0.3 is 5.69 Å². The van der Waals surface area contributed by atoms with E-state index >= 15 is 0 Å². The second-order valence-corrected chi connectivity index (χ2v) is 6.88. The number of nitrogens with zero attached hydrogens (tertiary/aromatic N) is 1. The number of carbonyl (C=O) groups excluding carboxylic acids is 1. The van der Waals surface area contributed by atoms with Gasteiger partial charge in [-0.15, -0.1) is 0 Å². The Morgan fingerprint density at radius 1 is 1.07 bits per heavy atom. The van der Waals surface area contributed by atoms with E-state index in [9.17, 15) is 14.9 Å². The summed E-state index contributed by atoms with van der Waals surface area (Å²) in [5.74, 6) is -0.0952. The molecule has 0 aliphatic rings. The fourth-order valence-corrected chi connectivity index (χ4v) is 3.33. The summed E-state index contributed by atoms with van der Waals surface area (Å²) >= 11 is 0. The number of aryl methyl sites for hydroxylation is 1. The fourth-order valence-electron chi connectivity index (χ4n) is 3.33. The lowest BCUT2D eigenvalue weighted by molar-refractivity contribution is -0.676. The van der Waals surface area contributed by atoms with Crippen LogP contribution < -0.4 is 15.4 Å². The summed E-state index contributed by atoms with van der Waals surface area (Å²) in [4.78, 5) is 23.3. The highest BCUT2D eigenvalue weighted by Crippen LogP contribution is 2.32. The van der Waals surface area contributed by atoms with Gasteiger partial charge in [0.1, 0.15) is 6.04 Å². The van der Waals surface area contributed by atoms with E-state index in [1.165, 1.54) is 19.2 Å². The number of carbonyl (C=O) groups is 1. The van der Waals surface area contributed by atoms with Gasteiger partial charge < -0.3 is 15.4 Å². The summed E-state index contributed by atoms with van der Waals surface area (Å²) in [6.07, 6.45) is 0. The summed E-state index contributed by atoms with van der Waals surface area (Å²) in [5, 5.41) is 16.0. The molecule has 3 N–H and O–H groups in total. The van der Waals surface area contributed by atoms with Gasteiger partial charge in [0.2, 0.25) is 0 Å². The molecule has 0 fully saturated rings. The Labute approximate surface area is 174 Å². The monoisotopic (exact) mass is 406 g/mol. The van der Waals surface area contributed by atoms with Crippen LogP contribution in [0.2, 0.25) is 0 Å². The van der Waals surface area contributed by atoms with Crippen molar-refractivity contribution in [1.29, 1.82) is 0 Å². The fraction of sp³-hybridized carbons (Fsp3) is 0.174. The highest BCUT2D eigenvalue weighted by atomic mass is 16.6. The van der Waals surface area contributed by atoms with Crippen LogP contribution in [0, 0.1) is 17.0 Å². The first-order chi connectivity index (χ1) is 14.5. The lowest BCUT2D eigenvalue weighted by Gasteiger charge is -2.17. The molecule has 0 bridgehead atoms. The second-order valence-electron chi connectivity index (χ2n) is 6.88. The molecule has 7 heteroatoms. The third-order valence-corrected chi connectivity index (χ3v) is 4.85. The minimum atomic E-state index is -0.504. The van der Waals surface area contributed by atoms with Crippen molar-refractivity contribution in [2.75, 3.05) is 19.0 Å². The molecule has 3 aromatic rings. The van der Waals surface area contributed by atoms with E-state index in [1.807, 2.05) is 66.0 Å². The molecular weight excluding hydrogens is 382 g/mol. The van der Waals surface area contributed by atoms with Crippen molar-refractivity contribution in [1.82, 2.24) is 0 Å². The van der Waals surface area contributed by atoms with Crippen molar-refractivity contribution < 1.29 is 19.8 Å². The zero-order chi connectivity index (χ0) is 21.5. The van der Waals surface area contributed by atoms with Gasteiger partial charge in [-0.05, 0) is 12.5 Å². The van der Waals surface area contributed by atoms with Gasteiger partial charge in [0.25, 0.3) is 5.91 Å². The van der Waals surface area contributed by atoms with E-state index in [4.69, 9.17) is 4.74 Å². The van der Waals surface area contributed by atoms with Crippen molar-refractivity contribution >= 4 is 17.3 Å². The van der Waals surface area contributed by atoms with Gasteiger partial charge in [0.05, 0.1) is 12.0 Å². The third kappa shape index (κ3) is 5.01. The van der Waals surface area contributed by atoms with Crippen LogP contribution in [0.15, 0.2) is 72.8 Å². The highest BCUT2D eigenvalue weighted by molar-refractivity contribution is 5.92. The number of ether oxygens (including phenoxy) is 1. The van der Waals surface area contributed by atoms with Crippen LogP contribution in [0.1, 0.15) is 22.7 Å². The van der Waals surface area contributed by atoms with Crippen molar-refractivity contribution in [3.8, 4) is 5.75 Å². The van der Waals surface area contributed by atoms with Crippen molar-refractivity contribution in [2.24, 2.45) is 0 Å². The minimum Gasteiger partial charge on any atom is -0.490 e. The summed E-state index contributed by atoms with van der Waals surface area (Å²) in [6.45, 7) is 1.90. The number of benzene rings is 3. The second kappa shape index (κ2) is 9.67. The maximum Gasteiger partial charge on any atom is 0.311 e. The molecule has 3 rings (SSSR count). The average Bonchev–Trinajstić information content (AvgIpc) is 2.76. The van der Waals surface area contributed by atoms with Gasteiger partial charge in [-0.1, -0.05) is 60.7 Å². The predicted molar refractivity (Wildman–Crippen MR) is 115 cm³/mol. The number of nitrogens with one attached hydrogen (secondary N) is 1. The van der Waals surface area contributed by atoms with Crippen molar-refractivity contribution in [3.05, 3.63) is 99.6 Å². The number of nitro benzene ring substituents is 1. The van der Waals surface area contributed by atoms with Crippen LogP contribution >= 0.6 is 0 Å². The third-order valence-electron chi connectivity index (χ3n) is 4.85. The zero-order valence-electron chi connectivity index (χ0n) is 16.9. The molecule has 0 unspecified atom stereocenters. The molecule has 0 aliphatic carbocycles. The summed E-state index contributed by atoms with van der Waals surface area (Å²) in [7, 11) is 1.36. The first kappa shape index (κ1) is 21.0. The smallest absolute Gasteiger partial charge is 0.311 e. The molecule has 0 radical (unpaired) electrons. The molecule has 0 aliphatic heterocycles. The Morgan fingerprint density at radius 2 is 1.63 bits per heavy atom. The normalized spacial score (nSPS) is 10.6. The number of hydrogen-bond donors (Lipinski definition) is 2. The van der Waals surface area contributed by atoms with Crippen LogP contribution in [0.3, 0.4) is 0 Å². The van der Waals surface area contributed by atoms with Crippen LogP contribution in [0.5, 0.6) is 5.75 Å². The maximum absolute atomic E-state index is 12.6. The van der Waals surface area contributed by atoms with Crippen molar-refractivity contribution in [2.45, 2.75) is 13.0 Å². The lowest BCUT2D eigenvalue weighted by atomic mass is 9.99. The van der Waals surface area contributed by atoms with Crippen molar-refractivity contribution in [3.63, 3.8) is 0 Å². The molecule has 0 saturated carbocycles. The number of methoxy groups -OCH3 is 1. The van der Waals surface area contributed by atoms with Gasteiger partial charge in [-0.2, -0.15) is 0 Å². The van der Waals surface area contributed by atoms with E-state index in [1.54, 1.807) is 6.92 Å². The first-order valence-electron chi connectivity index (χ1n) is 9.55. The number of quaternary nitrogens is 1.